The van der Waals surface area contributed by atoms with Crippen molar-refractivity contribution in [3.8, 4) is 11.5 Å². The molecule has 0 bridgehead atoms. The molecule has 4 nitrogen and oxygen atoms in total. The molecule has 0 fully saturated rings. The predicted octanol–water partition coefficient (Wildman–Crippen LogP) is 2.13. The summed E-state index contributed by atoms with van der Waals surface area (Å²) in [5.41, 5.74) is 7.40. The van der Waals surface area contributed by atoms with Crippen LogP contribution in [0.5, 0.6) is 11.5 Å². The van der Waals surface area contributed by atoms with Crippen molar-refractivity contribution in [1.82, 2.24) is 4.98 Å². The summed E-state index contributed by atoms with van der Waals surface area (Å²) < 4.78 is 10.8. The van der Waals surface area contributed by atoms with E-state index in [0.717, 1.165) is 22.8 Å². The van der Waals surface area contributed by atoms with Crippen LogP contribution in [-0.2, 0) is 13.2 Å². The van der Waals surface area contributed by atoms with E-state index in [-0.39, 0.29) is 0 Å². The second-order valence-corrected chi connectivity index (χ2v) is 3.83. The van der Waals surface area contributed by atoms with Gasteiger partial charge in [0.05, 0.1) is 12.8 Å². The highest BCUT2D eigenvalue weighted by atomic mass is 16.5. The van der Waals surface area contributed by atoms with Crippen LogP contribution < -0.4 is 15.2 Å². The molecule has 2 aromatic rings. The van der Waals surface area contributed by atoms with Gasteiger partial charge in [0, 0.05) is 18.8 Å². The maximum atomic E-state index is 5.68. The first-order valence-corrected chi connectivity index (χ1v) is 5.72. The largest absolute Gasteiger partial charge is 0.497 e. The van der Waals surface area contributed by atoms with E-state index in [1.54, 1.807) is 13.3 Å². The van der Waals surface area contributed by atoms with Crippen LogP contribution in [-0.4, -0.2) is 12.1 Å². The van der Waals surface area contributed by atoms with E-state index in [2.05, 4.69) is 4.98 Å². The van der Waals surface area contributed by atoms with Gasteiger partial charge in [0.1, 0.15) is 18.1 Å². The molecule has 18 heavy (non-hydrogen) atoms. The molecule has 0 atom stereocenters. The van der Waals surface area contributed by atoms with Crippen molar-refractivity contribution in [2.45, 2.75) is 13.2 Å². The summed E-state index contributed by atoms with van der Waals surface area (Å²) in [4.78, 5) is 4.12. The van der Waals surface area contributed by atoms with Crippen molar-refractivity contribution in [2.75, 3.05) is 7.11 Å². The number of hydrogen-bond donors (Lipinski definition) is 1. The first-order valence-electron chi connectivity index (χ1n) is 5.72. The van der Waals surface area contributed by atoms with Gasteiger partial charge in [0.25, 0.3) is 0 Å². The van der Waals surface area contributed by atoms with Gasteiger partial charge in [-0.2, -0.15) is 0 Å². The average Bonchev–Trinajstić information content (AvgIpc) is 2.45. The zero-order valence-corrected chi connectivity index (χ0v) is 10.3. The lowest BCUT2D eigenvalue weighted by Crippen LogP contribution is -2.01. The zero-order chi connectivity index (χ0) is 12.8. The molecule has 0 saturated carbocycles. The number of rotatable bonds is 5. The molecule has 1 aromatic carbocycles. The Bertz CT molecular complexity index is 467. The van der Waals surface area contributed by atoms with E-state index >= 15 is 0 Å². The van der Waals surface area contributed by atoms with E-state index in [4.69, 9.17) is 15.2 Å². The van der Waals surface area contributed by atoms with Crippen LogP contribution in [0.1, 0.15) is 11.3 Å². The van der Waals surface area contributed by atoms with Gasteiger partial charge in [0.15, 0.2) is 0 Å². The van der Waals surface area contributed by atoms with E-state index in [0.29, 0.717) is 13.2 Å². The number of aromatic nitrogens is 1. The Morgan fingerprint density at radius 3 is 2.83 bits per heavy atom. The summed E-state index contributed by atoms with van der Waals surface area (Å²) in [5, 5.41) is 0. The molecule has 0 aliphatic heterocycles. The maximum Gasteiger partial charge on any atom is 0.123 e. The molecule has 94 valence electrons. The molecule has 1 heterocycles. The lowest BCUT2D eigenvalue weighted by atomic mass is 10.2. The maximum absolute atomic E-state index is 5.68. The Labute approximate surface area is 106 Å². The molecular formula is C14H16N2O2. The topological polar surface area (TPSA) is 57.4 Å². The van der Waals surface area contributed by atoms with E-state index in [9.17, 15) is 0 Å². The number of nitrogens with two attached hydrogens (primary N) is 1. The molecule has 0 radical (unpaired) electrons. The molecule has 0 spiro atoms. The summed E-state index contributed by atoms with van der Waals surface area (Å²) in [7, 11) is 1.65. The van der Waals surface area contributed by atoms with Crippen LogP contribution in [0, 0.1) is 0 Å². The fourth-order valence-corrected chi connectivity index (χ4v) is 1.59. The fraction of sp³-hybridized carbons (Fsp3) is 0.214. The molecule has 2 N–H and O–H groups in total. The highest BCUT2D eigenvalue weighted by Gasteiger charge is 1.99. The quantitative estimate of drug-likeness (QED) is 0.875. The summed E-state index contributed by atoms with van der Waals surface area (Å²) in [5.74, 6) is 1.60. The zero-order valence-electron chi connectivity index (χ0n) is 10.3. The Kier molecular flexibility index (Phi) is 4.15. The number of benzene rings is 1. The van der Waals surface area contributed by atoms with Crippen LogP contribution in [0.2, 0.25) is 0 Å². The predicted molar refractivity (Wildman–Crippen MR) is 69.5 cm³/mol. The minimum atomic E-state index is 0.413. The van der Waals surface area contributed by atoms with Gasteiger partial charge in [0.2, 0.25) is 0 Å². The van der Waals surface area contributed by atoms with Crippen molar-refractivity contribution in [2.24, 2.45) is 5.73 Å². The molecule has 1 aromatic heterocycles. The fourth-order valence-electron chi connectivity index (χ4n) is 1.59. The second-order valence-electron chi connectivity index (χ2n) is 3.83. The van der Waals surface area contributed by atoms with Crippen molar-refractivity contribution in [3.63, 3.8) is 0 Å². The molecular weight excluding hydrogens is 228 g/mol. The van der Waals surface area contributed by atoms with Gasteiger partial charge < -0.3 is 15.2 Å². The summed E-state index contributed by atoms with van der Waals surface area (Å²) in [6, 6.07) is 11.5. The number of nitrogens with zero attached hydrogens (tertiary/aromatic N) is 1. The smallest absolute Gasteiger partial charge is 0.123 e. The highest BCUT2D eigenvalue weighted by Crippen LogP contribution is 2.16. The monoisotopic (exact) mass is 244 g/mol. The molecule has 0 saturated heterocycles. The molecule has 0 amide bonds. The average molecular weight is 244 g/mol. The minimum absolute atomic E-state index is 0.413. The Morgan fingerprint density at radius 1 is 1.17 bits per heavy atom. The van der Waals surface area contributed by atoms with Crippen molar-refractivity contribution in [3.05, 3.63) is 53.9 Å². The standard InChI is InChI=1S/C14H16N2O2/c1-17-13-4-2-3-11(7-13)10-18-14-5-6-16-12(8-14)9-15/h2-8H,9-10,15H2,1H3. The Balaban J connectivity index is 2.01. The minimum Gasteiger partial charge on any atom is -0.497 e. The lowest BCUT2D eigenvalue weighted by molar-refractivity contribution is 0.304. The molecule has 0 aliphatic carbocycles. The van der Waals surface area contributed by atoms with Crippen LogP contribution in [0.15, 0.2) is 42.6 Å². The number of methoxy groups -OCH3 is 1. The van der Waals surface area contributed by atoms with Crippen LogP contribution in [0.4, 0.5) is 0 Å². The van der Waals surface area contributed by atoms with E-state index < -0.39 is 0 Å². The molecule has 0 unspecified atom stereocenters. The summed E-state index contributed by atoms with van der Waals surface area (Å²) in [6.07, 6.45) is 1.70. The molecule has 2 rings (SSSR count). The molecule has 0 aliphatic rings. The SMILES string of the molecule is COc1cccc(COc2ccnc(CN)c2)c1. The van der Waals surface area contributed by atoms with E-state index in [1.165, 1.54) is 0 Å². The normalized spacial score (nSPS) is 10.1. The van der Waals surface area contributed by atoms with Gasteiger partial charge >= 0.3 is 0 Å². The van der Waals surface area contributed by atoms with Crippen LogP contribution in [0.25, 0.3) is 0 Å². The molecule has 4 heteroatoms. The summed E-state index contributed by atoms with van der Waals surface area (Å²) in [6.45, 7) is 0.904. The first-order chi connectivity index (χ1) is 8.81. The van der Waals surface area contributed by atoms with Gasteiger partial charge in [-0.1, -0.05) is 12.1 Å². The van der Waals surface area contributed by atoms with Gasteiger partial charge in [-0.05, 0) is 23.8 Å². The number of pyridine rings is 1. The van der Waals surface area contributed by atoms with Crippen LogP contribution >= 0.6 is 0 Å². The third-order valence-electron chi connectivity index (χ3n) is 2.54. The number of hydrogen-bond acceptors (Lipinski definition) is 4. The van der Waals surface area contributed by atoms with Gasteiger partial charge in [-0.3, -0.25) is 4.98 Å². The third-order valence-corrected chi connectivity index (χ3v) is 2.54. The third kappa shape index (κ3) is 3.21. The lowest BCUT2D eigenvalue weighted by Gasteiger charge is -2.08. The second kappa shape index (κ2) is 6.02. The van der Waals surface area contributed by atoms with Crippen molar-refractivity contribution in [1.29, 1.82) is 0 Å². The van der Waals surface area contributed by atoms with E-state index in [1.807, 2.05) is 36.4 Å². The van der Waals surface area contributed by atoms with Crippen LogP contribution in [0.3, 0.4) is 0 Å². The Morgan fingerprint density at radius 2 is 2.06 bits per heavy atom. The van der Waals surface area contributed by atoms with Gasteiger partial charge in [-0.15, -0.1) is 0 Å². The first kappa shape index (κ1) is 12.4. The van der Waals surface area contributed by atoms with Crippen molar-refractivity contribution < 1.29 is 9.47 Å². The Hall–Kier alpha value is -2.07. The van der Waals surface area contributed by atoms with Crippen molar-refractivity contribution >= 4 is 0 Å². The summed E-state index contributed by atoms with van der Waals surface area (Å²) >= 11 is 0. The number of ether oxygens (including phenoxy) is 2. The van der Waals surface area contributed by atoms with Gasteiger partial charge in [-0.25, -0.2) is 0 Å². The highest BCUT2D eigenvalue weighted by molar-refractivity contribution is 5.29.